The largest absolute Gasteiger partial charge is 0.477 e. The van der Waals surface area contributed by atoms with Gasteiger partial charge in [0.25, 0.3) is 5.91 Å². The van der Waals surface area contributed by atoms with Crippen LogP contribution < -0.4 is 0 Å². The Morgan fingerprint density at radius 3 is 2.29 bits per heavy atom. The number of pyridine rings is 1. The van der Waals surface area contributed by atoms with Crippen molar-refractivity contribution in [2.24, 2.45) is 0 Å². The van der Waals surface area contributed by atoms with Crippen LogP contribution in [0.2, 0.25) is 10.0 Å². The zero-order valence-corrected chi connectivity index (χ0v) is 17.7. The van der Waals surface area contributed by atoms with Crippen molar-refractivity contribution < 1.29 is 23.5 Å². The summed E-state index contributed by atoms with van der Waals surface area (Å²) in [7, 11) is 0. The molecule has 0 aliphatic heterocycles. The van der Waals surface area contributed by atoms with E-state index in [-0.39, 0.29) is 29.4 Å². The van der Waals surface area contributed by atoms with Crippen molar-refractivity contribution in [2.45, 2.75) is 20.0 Å². The Bertz CT molecular complexity index is 1150. The van der Waals surface area contributed by atoms with Crippen molar-refractivity contribution in [3.05, 3.63) is 98.3 Å². The smallest absolute Gasteiger partial charge is 0.354 e. The Morgan fingerprint density at radius 2 is 1.68 bits per heavy atom. The molecular formula is C22H16Cl2F2N2O3. The van der Waals surface area contributed by atoms with Crippen LogP contribution in [-0.2, 0) is 13.1 Å². The number of aryl methyl sites for hydroxylation is 1. The van der Waals surface area contributed by atoms with E-state index in [4.69, 9.17) is 28.3 Å². The van der Waals surface area contributed by atoms with E-state index in [0.717, 1.165) is 12.1 Å². The minimum Gasteiger partial charge on any atom is -0.477 e. The molecule has 0 saturated heterocycles. The molecule has 0 saturated carbocycles. The number of carboxylic acids is 1. The monoisotopic (exact) mass is 464 g/mol. The van der Waals surface area contributed by atoms with Crippen LogP contribution in [0.4, 0.5) is 8.78 Å². The summed E-state index contributed by atoms with van der Waals surface area (Å²) in [5.41, 5.74) is 1.38. The number of carbonyl (C=O) groups excluding carboxylic acids is 1. The number of halogens is 4. The van der Waals surface area contributed by atoms with Crippen LogP contribution in [0, 0.1) is 18.6 Å². The zero-order chi connectivity index (χ0) is 22.7. The Kier molecular flexibility index (Phi) is 6.87. The van der Waals surface area contributed by atoms with E-state index in [1.165, 1.54) is 17.2 Å². The summed E-state index contributed by atoms with van der Waals surface area (Å²) in [6.45, 7) is 1.68. The Labute approximate surface area is 186 Å². The molecule has 0 aliphatic rings. The second-order valence-electron chi connectivity index (χ2n) is 6.83. The zero-order valence-electron chi connectivity index (χ0n) is 16.2. The molecule has 1 heterocycles. The summed E-state index contributed by atoms with van der Waals surface area (Å²) in [5.74, 6) is -3.58. The van der Waals surface area contributed by atoms with Crippen LogP contribution in [0.15, 0.2) is 48.7 Å². The summed E-state index contributed by atoms with van der Waals surface area (Å²) in [6, 6.07) is 8.89. The third-order valence-corrected chi connectivity index (χ3v) is 5.45. The number of carbonyl (C=O) groups is 2. The van der Waals surface area contributed by atoms with Gasteiger partial charge >= 0.3 is 5.97 Å². The number of hydrogen-bond donors (Lipinski definition) is 1. The molecule has 9 heteroatoms. The lowest BCUT2D eigenvalue weighted by Crippen LogP contribution is -2.31. The van der Waals surface area contributed by atoms with Gasteiger partial charge in [-0.3, -0.25) is 4.79 Å². The molecule has 3 aromatic rings. The van der Waals surface area contributed by atoms with Crippen molar-refractivity contribution >= 4 is 35.1 Å². The molecule has 0 atom stereocenters. The molecule has 0 bridgehead atoms. The van der Waals surface area contributed by atoms with E-state index in [9.17, 15) is 18.4 Å². The standard InChI is InChI=1S/C22H16Cl2F2N2O3/c1-12-5-19(22(30)31)27-9-15(12)11-28(10-13-3-2-4-18(23)20(13)24)21(29)14-6-16(25)8-17(26)7-14/h2-9H,10-11H2,1H3,(H,30,31). The van der Waals surface area contributed by atoms with E-state index in [2.05, 4.69) is 4.98 Å². The van der Waals surface area contributed by atoms with Crippen LogP contribution >= 0.6 is 23.2 Å². The Balaban J connectivity index is 2.00. The van der Waals surface area contributed by atoms with E-state index in [0.29, 0.717) is 27.8 Å². The highest BCUT2D eigenvalue weighted by Crippen LogP contribution is 2.28. The molecule has 0 fully saturated rings. The van der Waals surface area contributed by atoms with E-state index in [1.54, 1.807) is 25.1 Å². The Hall–Kier alpha value is -3.03. The first-order chi connectivity index (χ1) is 14.7. The van der Waals surface area contributed by atoms with Crippen molar-refractivity contribution in [1.82, 2.24) is 9.88 Å². The fourth-order valence-corrected chi connectivity index (χ4v) is 3.39. The summed E-state index contributed by atoms with van der Waals surface area (Å²) in [5, 5.41) is 9.65. The fraction of sp³-hybridized carbons (Fsp3) is 0.136. The molecule has 3 rings (SSSR count). The molecule has 0 spiro atoms. The van der Waals surface area contributed by atoms with Crippen LogP contribution in [-0.4, -0.2) is 26.9 Å². The van der Waals surface area contributed by atoms with Gasteiger partial charge in [0.2, 0.25) is 0 Å². The van der Waals surface area contributed by atoms with Gasteiger partial charge in [-0.2, -0.15) is 0 Å². The summed E-state index contributed by atoms with van der Waals surface area (Å²) < 4.78 is 27.4. The molecule has 1 amide bonds. The summed E-state index contributed by atoms with van der Waals surface area (Å²) in [6.07, 6.45) is 1.35. The Morgan fingerprint density at radius 1 is 1.03 bits per heavy atom. The lowest BCUT2D eigenvalue weighted by molar-refractivity contribution is 0.0686. The highest BCUT2D eigenvalue weighted by atomic mass is 35.5. The molecule has 0 unspecified atom stereocenters. The average Bonchev–Trinajstić information content (AvgIpc) is 2.70. The summed E-state index contributed by atoms with van der Waals surface area (Å²) in [4.78, 5) is 29.5. The van der Waals surface area contributed by atoms with Crippen LogP contribution in [0.3, 0.4) is 0 Å². The number of hydrogen-bond acceptors (Lipinski definition) is 3. The minimum atomic E-state index is -1.18. The topological polar surface area (TPSA) is 70.5 Å². The van der Waals surface area contributed by atoms with E-state index in [1.807, 2.05) is 0 Å². The number of benzene rings is 2. The van der Waals surface area contributed by atoms with Crippen LogP contribution in [0.1, 0.15) is 37.5 Å². The number of rotatable bonds is 6. The fourth-order valence-electron chi connectivity index (χ4n) is 3.01. The number of nitrogens with zero attached hydrogens (tertiary/aromatic N) is 2. The first-order valence-electron chi connectivity index (χ1n) is 9.02. The van der Waals surface area contributed by atoms with E-state index < -0.39 is 23.5 Å². The quantitative estimate of drug-likeness (QED) is 0.521. The molecule has 31 heavy (non-hydrogen) atoms. The normalized spacial score (nSPS) is 10.7. The van der Waals surface area contributed by atoms with Gasteiger partial charge in [0, 0.05) is 30.9 Å². The highest BCUT2D eigenvalue weighted by molar-refractivity contribution is 6.42. The second kappa shape index (κ2) is 9.41. The van der Waals surface area contributed by atoms with Gasteiger partial charge in [0.05, 0.1) is 10.0 Å². The molecular weight excluding hydrogens is 449 g/mol. The van der Waals surface area contributed by atoms with Crippen LogP contribution in [0.5, 0.6) is 0 Å². The number of carboxylic acid groups (broad SMARTS) is 1. The summed E-state index contributed by atoms with van der Waals surface area (Å²) >= 11 is 12.3. The van der Waals surface area contributed by atoms with Crippen molar-refractivity contribution in [3.63, 3.8) is 0 Å². The van der Waals surface area contributed by atoms with Crippen molar-refractivity contribution in [3.8, 4) is 0 Å². The molecule has 1 N–H and O–H groups in total. The maximum atomic E-state index is 13.7. The predicted molar refractivity (Wildman–Crippen MR) is 112 cm³/mol. The number of aromatic nitrogens is 1. The molecule has 5 nitrogen and oxygen atoms in total. The van der Waals surface area contributed by atoms with Crippen LogP contribution in [0.25, 0.3) is 0 Å². The molecule has 0 aliphatic carbocycles. The van der Waals surface area contributed by atoms with Gasteiger partial charge in [0.15, 0.2) is 0 Å². The lowest BCUT2D eigenvalue weighted by Gasteiger charge is -2.24. The highest BCUT2D eigenvalue weighted by Gasteiger charge is 2.21. The van der Waals surface area contributed by atoms with Gasteiger partial charge in [-0.15, -0.1) is 0 Å². The number of amides is 1. The first-order valence-corrected chi connectivity index (χ1v) is 9.78. The first kappa shape index (κ1) is 22.7. The van der Waals surface area contributed by atoms with Gasteiger partial charge in [0.1, 0.15) is 17.3 Å². The lowest BCUT2D eigenvalue weighted by atomic mass is 10.1. The van der Waals surface area contributed by atoms with Gasteiger partial charge in [-0.1, -0.05) is 35.3 Å². The minimum absolute atomic E-state index is 0.00145. The predicted octanol–water partition coefficient (Wildman–Crippen LogP) is 5.52. The molecule has 2 aromatic carbocycles. The van der Waals surface area contributed by atoms with Gasteiger partial charge in [-0.25, -0.2) is 18.6 Å². The SMILES string of the molecule is Cc1cc(C(=O)O)ncc1CN(Cc1cccc(Cl)c1Cl)C(=O)c1cc(F)cc(F)c1. The van der Waals surface area contributed by atoms with Crippen molar-refractivity contribution in [1.29, 1.82) is 0 Å². The third-order valence-electron chi connectivity index (χ3n) is 4.59. The maximum absolute atomic E-state index is 13.7. The second-order valence-corrected chi connectivity index (χ2v) is 7.62. The average molecular weight is 465 g/mol. The number of aromatic carboxylic acids is 1. The molecule has 1 aromatic heterocycles. The van der Waals surface area contributed by atoms with Gasteiger partial charge in [-0.05, 0) is 47.9 Å². The van der Waals surface area contributed by atoms with Gasteiger partial charge < -0.3 is 10.0 Å². The van der Waals surface area contributed by atoms with Crippen molar-refractivity contribution in [2.75, 3.05) is 0 Å². The maximum Gasteiger partial charge on any atom is 0.354 e. The molecule has 0 radical (unpaired) electrons. The molecule has 160 valence electrons. The van der Waals surface area contributed by atoms with E-state index >= 15 is 0 Å². The third kappa shape index (κ3) is 5.37.